The van der Waals surface area contributed by atoms with Gasteiger partial charge in [0, 0.05) is 41.1 Å². The molecule has 0 amide bonds. The molecule has 8 heteroatoms. The summed E-state index contributed by atoms with van der Waals surface area (Å²) in [6.45, 7) is 7.28. The molecular formula is C22H25BrN4O2S. The van der Waals surface area contributed by atoms with Gasteiger partial charge in [-0.05, 0) is 43.3 Å². The molecule has 3 aromatic rings. The van der Waals surface area contributed by atoms with E-state index in [1.54, 1.807) is 11.8 Å². The summed E-state index contributed by atoms with van der Waals surface area (Å²) in [5.74, 6) is 2.65. The predicted octanol–water partition coefficient (Wildman–Crippen LogP) is 4.52. The van der Waals surface area contributed by atoms with Crippen molar-refractivity contribution in [3.8, 4) is 22.8 Å². The molecule has 0 radical (unpaired) electrons. The Bertz CT molecular complexity index is 941. The SMILES string of the molecule is CCOc1ccc(-n2c(SCCN3CCOCC3)nnc2-c2ccc(Br)cc2)cc1. The smallest absolute Gasteiger partial charge is 0.196 e. The third-order valence-electron chi connectivity index (χ3n) is 4.88. The first-order valence-corrected chi connectivity index (χ1v) is 11.9. The van der Waals surface area contributed by atoms with E-state index in [2.05, 4.69) is 59.9 Å². The van der Waals surface area contributed by atoms with Crippen molar-refractivity contribution in [1.82, 2.24) is 19.7 Å². The Labute approximate surface area is 189 Å². The van der Waals surface area contributed by atoms with Gasteiger partial charge in [-0.15, -0.1) is 10.2 Å². The Balaban J connectivity index is 1.59. The number of hydrogen-bond donors (Lipinski definition) is 0. The van der Waals surface area contributed by atoms with E-state index >= 15 is 0 Å². The van der Waals surface area contributed by atoms with E-state index in [4.69, 9.17) is 9.47 Å². The van der Waals surface area contributed by atoms with Gasteiger partial charge in [-0.3, -0.25) is 9.47 Å². The summed E-state index contributed by atoms with van der Waals surface area (Å²) in [5.41, 5.74) is 2.05. The van der Waals surface area contributed by atoms with Crippen molar-refractivity contribution in [3.05, 3.63) is 53.0 Å². The van der Waals surface area contributed by atoms with E-state index in [1.165, 1.54) is 0 Å². The Hall–Kier alpha value is -1.87. The second-order valence-corrected chi connectivity index (χ2v) is 8.86. The molecule has 1 aromatic heterocycles. The summed E-state index contributed by atoms with van der Waals surface area (Å²) >= 11 is 5.24. The van der Waals surface area contributed by atoms with Crippen molar-refractivity contribution in [2.45, 2.75) is 12.1 Å². The van der Waals surface area contributed by atoms with Crippen LogP contribution in [-0.4, -0.2) is 64.9 Å². The average Bonchev–Trinajstić information content (AvgIpc) is 3.20. The molecule has 1 saturated heterocycles. The van der Waals surface area contributed by atoms with Crippen LogP contribution in [0.1, 0.15) is 6.92 Å². The van der Waals surface area contributed by atoms with Crippen LogP contribution in [-0.2, 0) is 4.74 Å². The highest BCUT2D eigenvalue weighted by Gasteiger charge is 2.17. The zero-order valence-electron chi connectivity index (χ0n) is 17.0. The first-order chi connectivity index (χ1) is 14.7. The summed E-state index contributed by atoms with van der Waals surface area (Å²) < 4.78 is 14.2. The van der Waals surface area contributed by atoms with E-state index in [0.29, 0.717) is 6.61 Å². The lowest BCUT2D eigenvalue weighted by Gasteiger charge is -2.26. The molecule has 0 saturated carbocycles. The number of ether oxygens (including phenoxy) is 2. The van der Waals surface area contributed by atoms with Gasteiger partial charge in [-0.25, -0.2) is 0 Å². The van der Waals surface area contributed by atoms with Crippen molar-refractivity contribution < 1.29 is 9.47 Å². The first-order valence-electron chi connectivity index (χ1n) is 10.1. The largest absolute Gasteiger partial charge is 0.494 e. The average molecular weight is 489 g/mol. The van der Waals surface area contributed by atoms with Crippen LogP contribution in [0, 0.1) is 0 Å². The minimum Gasteiger partial charge on any atom is -0.494 e. The highest BCUT2D eigenvalue weighted by Crippen LogP contribution is 2.29. The molecule has 30 heavy (non-hydrogen) atoms. The number of hydrogen-bond acceptors (Lipinski definition) is 6. The normalized spacial score (nSPS) is 14.7. The van der Waals surface area contributed by atoms with Crippen LogP contribution >= 0.6 is 27.7 Å². The van der Waals surface area contributed by atoms with Gasteiger partial charge in [0.05, 0.1) is 19.8 Å². The molecule has 0 atom stereocenters. The Kier molecular flexibility index (Phi) is 7.43. The Morgan fingerprint density at radius 3 is 2.47 bits per heavy atom. The van der Waals surface area contributed by atoms with Crippen LogP contribution in [0.2, 0.25) is 0 Å². The third kappa shape index (κ3) is 5.24. The van der Waals surface area contributed by atoms with Gasteiger partial charge >= 0.3 is 0 Å². The highest BCUT2D eigenvalue weighted by atomic mass is 79.9. The molecular weight excluding hydrogens is 464 g/mol. The molecule has 6 nitrogen and oxygen atoms in total. The van der Waals surface area contributed by atoms with Crippen LogP contribution in [0.15, 0.2) is 58.2 Å². The minimum absolute atomic E-state index is 0.652. The van der Waals surface area contributed by atoms with Crippen molar-refractivity contribution in [2.24, 2.45) is 0 Å². The molecule has 4 rings (SSSR count). The van der Waals surface area contributed by atoms with Gasteiger partial charge in [-0.2, -0.15) is 0 Å². The molecule has 2 heterocycles. The number of rotatable bonds is 8. The lowest BCUT2D eigenvalue weighted by Crippen LogP contribution is -2.37. The summed E-state index contributed by atoms with van der Waals surface area (Å²) in [5, 5.41) is 9.94. The fourth-order valence-electron chi connectivity index (χ4n) is 3.33. The maximum Gasteiger partial charge on any atom is 0.196 e. The van der Waals surface area contributed by atoms with Gasteiger partial charge in [-0.1, -0.05) is 39.8 Å². The second kappa shape index (κ2) is 10.4. The maximum atomic E-state index is 5.60. The van der Waals surface area contributed by atoms with E-state index < -0.39 is 0 Å². The van der Waals surface area contributed by atoms with E-state index in [0.717, 1.165) is 71.1 Å². The lowest BCUT2D eigenvalue weighted by molar-refractivity contribution is 0.0410. The van der Waals surface area contributed by atoms with Gasteiger partial charge in [0.15, 0.2) is 11.0 Å². The van der Waals surface area contributed by atoms with Gasteiger partial charge < -0.3 is 9.47 Å². The van der Waals surface area contributed by atoms with E-state index in [-0.39, 0.29) is 0 Å². The molecule has 0 spiro atoms. The van der Waals surface area contributed by atoms with Crippen LogP contribution in [0.5, 0.6) is 5.75 Å². The maximum absolute atomic E-state index is 5.60. The summed E-state index contributed by atoms with van der Waals surface area (Å²) in [7, 11) is 0. The zero-order valence-corrected chi connectivity index (χ0v) is 19.4. The monoisotopic (exact) mass is 488 g/mol. The molecule has 2 aromatic carbocycles. The van der Waals surface area contributed by atoms with Gasteiger partial charge in [0.2, 0.25) is 0 Å². The first kappa shape index (κ1) is 21.4. The molecule has 1 fully saturated rings. The van der Waals surface area contributed by atoms with Crippen LogP contribution in [0.25, 0.3) is 17.1 Å². The topological polar surface area (TPSA) is 52.4 Å². The standard InChI is InChI=1S/C22H25BrN4O2S/c1-2-29-20-9-7-19(8-10-20)27-21(17-3-5-18(23)6-4-17)24-25-22(27)30-16-13-26-11-14-28-15-12-26/h3-10H,2,11-16H2,1H3. The van der Waals surface area contributed by atoms with Crippen molar-refractivity contribution >= 4 is 27.7 Å². The minimum atomic E-state index is 0.652. The molecule has 0 unspecified atom stereocenters. The van der Waals surface area contributed by atoms with Crippen LogP contribution in [0.3, 0.4) is 0 Å². The van der Waals surface area contributed by atoms with Crippen LogP contribution in [0.4, 0.5) is 0 Å². The van der Waals surface area contributed by atoms with Gasteiger partial charge in [0.25, 0.3) is 0 Å². The summed E-state index contributed by atoms with van der Waals surface area (Å²) in [4.78, 5) is 2.43. The fraction of sp³-hybridized carbons (Fsp3) is 0.364. The molecule has 0 aliphatic carbocycles. The summed E-state index contributed by atoms with van der Waals surface area (Å²) in [6, 6.07) is 16.3. The quantitative estimate of drug-likeness (QED) is 0.434. The number of nitrogens with zero attached hydrogens (tertiary/aromatic N) is 4. The third-order valence-corrected chi connectivity index (χ3v) is 6.32. The van der Waals surface area contributed by atoms with Crippen molar-refractivity contribution in [3.63, 3.8) is 0 Å². The fourth-order valence-corrected chi connectivity index (χ4v) is 4.55. The molecule has 1 aliphatic heterocycles. The predicted molar refractivity (Wildman–Crippen MR) is 124 cm³/mol. The Morgan fingerprint density at radius 1 is 1.03 bits per heavy atom. The number of thioether (sulfide) groups is 1. The zero-order chi connectivity index (χ0) is 20.8. The van der Waals surface area contributed by atoms with E-state index in [1.807, 2.05) is 31.2 Å². The molecule has 158 valence electrons. The number of halogens is 1. The van der Waals surface area contributed by atoms with Gasteiger partial charge in [0.1, 0.15) is 5.75 Å². The second-order valence-electron chi connectivity index (χ2n) is 6.88. The number of morpholine rings is 1. The van der Waals surface area contributed by atoms with Crippen molar-refractivity contribution in [2.75, 3.05) is 45.2 Å². The molecule has 0 N–H and O–H groups in total. The summed E-state index contributed by atoms with van der Waals surface area (Å²) in [6.07, 6.45) is 0. The lowest BCUT2D eigenvalue weighted by atomic mass is 10.2. The van der Waals surface area contributed by atoms with Crippen LogP contribution < -0.4 is 4.74 Å². The molecule has 1 aliphatic rings. The van der Waals surface area contributed by atoms with Crippen molar-refractivity contribution in [1.29, 1.82) is 0 Å². The van der Waals surface area contributed by atoms with E-state index in [9.17, 15) is 0 Å². The number of aromatic nitrogens is 3. The Morgan fingerprint density at radius 2 is 1.77 bits per heavy atom. The molecule has 0 bridgehead atoms. The highest BCUT2D eigenvalue weighted by molar-refractivity contribution is 9.10. The number of benzene rings is 2.